The lowest BCUT2D eigenvalue weighted by molar-refractivity contribution is 0.589. The fraction of sp³-hybridized carbons (Fsp3) is 0.159. The van der Waals surface area contributed by atoms with Crippen molar-refractivity contribution >= 4 is 107 Å². The quantitative estimate of drug-likeness (QED) is 0.148. The van der Waals surface area contributed by atoms with Crippen molar-refractivity contribution in [1.29, 1.82) is 0 Å². The summed E-state index contributed by atoms with van der Waals surface area (Å²) in [4.78, 5) is 8.80. The van der Waals surface area contributed by atoms with Crippen LogP contribution in [0.25, 0.3) is 42.6 Å². The van der Waals surface area contributed by atoms with Gasteiger partial charge in [0.25, 0.3) is 6.71 Å². The van der Waals surface area contributed by atoms with Gasteiger partial charge >= 0.3 is 0 Å². The highest BCUT2D eigenvalue weighted by Gasteiger charge is 2.48. The number of furan rings is 1. The maximum Gasteiger partial charge on any atom is 0.297 e. The Labute approximate surface area is 446 Å². The summed E-state index contributed by atoms with van der Waals surface area (Å²) in [5.74, 6) is 0. The van der Waals surface area contributed by atoms with Crippen molar-refractivity contribution in [3.05, 3.63) is 228 Å². The van der Waals surface area contributed by atoms with Gasteiger partial charge in [0, 0.05) is 54.7 Å². The van der Waals surface area contributed by atoms with E-state index in [0.29, 0.717) is 0 Å². The molecule has 6 heteroatoms. The third-order valence-corrected chi connectivity index (χ3v) is 16.7. The van der Waals surface area contributed by atoms with Crippen LogP contribution in [0, 0.1) is 20.8 Å². The molecule has 0 aliphatic carbocycles. The predicted octanol–water partition coefficient (Wildman–Crippen LogP) is 18.1. The van der Waals surface area contributed by atoms with Crippen LogP contribution < -0.4 is 31.3 Å². The first-order chi connectivity index (χ1) is 36.2. The molecule has 0 N–H and O–H groups in total. The van der Waals surface area contributed by atoms with E-state index in [1.165, 1.54) is 70.6 Å². The lowest BCUT2D eigenvalue weighted by Crippen LogP contribution is -2.61. The molecule has 0 spiro atoms. The Balaban J connectivity index is 1.14. The summed E-state index contributed by atoms with van der Waals surface area (Å²) >= 11 is 1.85. The molecule has 13 rings (SSSR count). The molecule has 0 radical (unpaired) electrons. The molecular weight excluding hydrogens is 930 g/mol. The van der Waals surface area contributed by atoms with Gasteiger partial charge in [-0.3, -0.25) is 0 Å². The molecule has 0 fully saturated rings. The minimum Gasteiger partial charge on any atom is -0.468 e. The van der Waals surface area contributed by atoms with E-state index in [4.69, 9.17) is 4.42 Å². The maximum absolute atomic E-state index is 7.47. The average Bonchev–Trinajstić information content (AvgIpc) is 4.03. The van der Waals surface area contributed by atoms with Crippen LogP contribution in [-0.2, 0) is 10.8 Å². The van der Waals surface area contributed by atoms with Gasteiger partial charge in [-0.1, -0.05) is 157 Å². The zero-order valence-electron chi connectivity index (χ0n) is 44.3. The minimum absolute atomic E-state index is 0.0126. The van der Waals surface area contributed by atoms with Crippen LogP contribution in [0.2, 0.25) is 0 Å². The number of fused-ring (bicyclic) bond motifs is 7. The number of anilines is 9. The zero-order chi connectivity index (χ0) is 51.5. The van der Waals surface area contributed by atoms with Crippen LogP contribution in [-0.4, -0.2) is 6.71 Å². The fourth-order valence-corrected chi connectivity index (χ4v) is 13.0. The van der Waals surface area contributed by atoms with Gasteiger partial charge in [0.2, 0.25) is 0 Å². The van der Waals surface area contributed by atoms with Gasteiger partial charge < -0.3 is 19.1 Å². The molecule has 0 saturated carbocycles. The topological polar surface area (TPSA) is 22.9 Å². The second-order valence-corrected chi connectivity index (χ2v) is 23.9. The molecule has 2 aliphatic rings. The Kier molecular flexibility index (Phi) is 10.9. The molecule has 0 saturated heterocycles. The van der Waals surface area contributed by atoms with E-state index in [1.54, 1.807) is 0 Å². The second kappa shape index (κ2) is 17.5. The summed E-state index contributed by atoms with van der Waals surface area (Å²) in [6, 6.07) is 74.4. The van der Waals surface area contributed by atoms with Gasteiger partial charge in [-0.15, -0.1) is 11.3 Å². The molecule has 11 aromatic rings. The number of nitrogens with zero attached hydrogens (tertiary/aromatic N) is 3. The van der Waals surface area contributed by atoms with Gasteiger partial charge in [-0.2, -0.15) is 0 Å². The lowest BCUT2D eigenvalue weighted by atomic mass is 9.35. The molecule has 4 nitrogen and oxygen atoms in total. The predicted molar refractivity (Wildman–Crippen MR) is 323 cm³/mol. The smallest absolute Gasteiger partial charge is 0.297 e. The summed E-state index contributed by atoms with van der Waals surface area (Å²) in [6.45, 7) is 20.5. The van der Waals surface area contributed by atoms with Crippen LogP contribution in [0.5, 0.6) is 0 Å². The van der Waals surface area contributed by atoms with Crippen molar-refractivity contribution in [2.75, 3.05) is 14.7 Å². The van der Waals surface area contributed by atoms with Gasteiger partial charge in [0.1, 0.15) is 5.58 Å². The first kappa shape index (κ1) is 46.7. The van der Waals surface area contributed by atoms with Crippen LogP contribution in [0.3, 0.4) is 0 Å². The Morgan fingerprint density at radius 3 is 1.76 bits per heavy atom. The molecule has 0 amide bonds. The van der Waals surface area contributed by atoms with Crippen LogP contribution >= 0.6 is 11.3 Å². The van der Waals surface area contributed by atoms with E-state index in [1.807, 2.05) is 11.3 Å². The van der Waals surface area contributed by atoms with Crippen molar-refractivity contribution in [3.63, 3.8) is 0 Å². The highest BCUT2D eigenvalue weighted by molar-refractivity contribution is 7.22. The van der Waals surface area contributed by atoms with Crippen LogP contribution in [0.1, 0.15) is 69.4 Å². The molecule has 0 atom stereocenters. The van der Waals surface area contributed by atoms with Crippen molar-refractivity contribution in [2.24, 2.45) is 0 Å². The standard InChI is InChI=1S/C69H60BN3OS/c1-43-35-59-64-60(36-43)73(65-44(2)37-50(38-45(65)3)69(7,8)9)66-55-41-49(68(4,5)6)30-34-61(55)74-67(66)70(64)56-32-31-53(71(51-24-15-11-16-25-51)52-26-17-12-18-27-52)42-58(56)72(59)57-33-29-48(39-54(57)46-21-13-10-14-22-46)63-40-47-23-19-20-28-62(47)75-63/h10-42H,1-9H3. The second-order valence-electron chi connectivity index (χ2n) is 22.8. The first-order valence-electron chi connectivity index (χ1n) is 26.4. The molecule has 4 heterocycles. The Morgan fingerprint density at radius 2 is 1.11 bits per heavy atom. The van der Waals surface area contributed by atoms with E-state index in [9.17, 15) is 0 Å². The number of hydrogen-bond acceptors (Lipinski definition) is 5. The number of hydrogen-bond donors (Lipinski definition) is 0. The molecule has 2 aromatic heterocycles. The average molecular weight is 990 g/mol. The third kappa shape index (κ3) is 7.80. The highest BCUT2D eigenvalue weighted by atomic mass is 32.1. The number of para-hydroxylation sites is 2. The van der Waals surface area contributed by atoms with Gasteiger partial charge in [-0.05, 0) is 172 Å². The molecule has 0 bridgehead atoms. The number of rotatable bonds is 7. The number of thiophene rings is 1. The van der Waals surface area contributed by atoms with Crippen molar-refractivity contribution in [2.45, 2.75) is 73.1 Å². The lowest BCUT2D eigenvalue weighted by Gasteiger charge is -2.44. The Morgan fingerprint density at radius 1 is 0.480 bits per heavy atom. The van der Waals surface area contributed by atoms with Crippen LogP contribution in [0.15, 0.2) is 205 Å². The maximum atomic E-state index is 7.47. The Bertz CT molecular complexity index is 3930. The summed E-state index contributed by atoms with van der Waals surface area (Å²) in [7, 11) is 0. The largest absolute Gasteiger partial charge is 0.468 e. The highest BCUT2D eigenvalue weighted by Crippen LogP contribution is 2.52. The summed E-state index contributed by atoms with van der Waals surface area (Å²) in [5, 5.41) is 2.40. The monoisotopic (exact) mass is 989 g/mol. The van der Waals surface area contributed by atoms with Gasteiger partial charge in [0.05, 0.1) is 22.7 Å². The number of aryl methyl sites for hydroxylation is 3. The zero-order valence-corrected chi connectivity index (χ0v) is 45.1. The molecular formula is C69H60BN3OS. The van der Waals surface area contributed by atoms with Crippen molar-refractivity contribution in [3.8, 4) is 21.6 Å². The molecule has 9 aromatic carbocycles. The fourth-order valence-electron chi connectivity index (χ4n) is 11.9. The van der Waals surface area contributed by atoms with E-state index in [0.717, 1.165) is 67.6 Å². The van der Waals surface area contributed by atoms with E-state index in [-0.39, 0.29) is 17.5 Å². The van der Waals surface area contributed by atoms with Crippen molar-refractivity contribution < 1.29 is 4.42 Å². The molecule has 0 unspecified atom stereocenters. The molecule has 366 valence electrons. The third-order valence-electron chi connectivity index (χ3n) is 15.6. The SMILES string of the molecule is Cc1cc2c3c(c1)N(c1c(C)cc(C(C)(C)C)cc1C)c1c(oc4ccc(C(C)(C)C)cc14)B3c1ccc(N(c3ccccc3)c3ccccc3)cc1N2c1ccc(-c2cc3ccccc3s2)cc1-c1ccccc1. The van der Waals surface area contributed by atoms with Gasteiger partial charge in [0.15, 0.2) is 0 Å². The normalized spacial score (nSPS) is 13.1. The Hall–Kier alpha value is -8.06. The minimum atomic E-state index is -0.220. The summed E-state index contributed by atoms with van der Waals surface area (Å²) in [5.41, 5.74) is 24.1. The van der Waals surface area contributed by atoms with E-state index >= 15 is 0 Å². The van der Waals surface area contributed by atoms with E-state index in [2.05, 4.69) is 277 Å². The molecule has 75 heavy (non-hydrogen) atoms. The number of benzene rings is 9. The first-order valence-corrected chi connectivity index (χ1v) is 27.2. The molecule has 2 aliphatic heterocycles. The van der Waals surface area contributed by atoms with Gasteiger partial charge in [-0.25, -0.2) is 0 Å². The van der Waals surface area contributed by atoms with E-state index < -0.39 is 0 Å². The van der Waals surface area contributed by atoms with Crippen molar-refractivity contribution in [1.82, 2.24) is 0 Å². The van der Waals surface area contributed by atoms with Crippen LogP contribution in [0.4, 0.5) is 51.2 Å². The summed E-state index contributed by atoms with van der Waals surface area (Å²) < 4.78 is 8.76. The summed E-state index contributed by atoms with van der Waals surface area (Å²) in [6.07, 6.45) is 0.